The summed E-state index contributed by atoms with van der Waals surface area (Å²) in [5.41, 5.74) is 0.0885. The van der Waals surface area contributed by atoms with Gasteiger partial charge in [-0.05, 0) is 12.0 Å². The van der Waals surface area contributed by atoms with E-state index in [-0.39, 0.29) is 19.1 Å². The first-order valence-electron chi connectivity index (χ1n) is 9.05. The summed E-state index contributed by atoms with van der Waals surface area (Å²) in [7, 11) is 1.78. The maximum atomic E-state index is 13.0. The van der Waals surface area contributed by atoms with Crippen LogP contribution < -0.4 is 0 Å². The van der Waals surface area contributed by atoms with Crippen molar-refractivity contribution in [3.8, 4) is 0 Å². The van der Waals surface area contributed by atoms with Crippen LogP contribution in [0.4, 0.5) is 4.79 Å². The van der Waals surface area contributed by atoms with E-state index in [1.807, 2.05) is 30.3 Å². The standard InChI is InChI=1S/C19H24N2O5/c1-20-9-7-18(16(20)22)14-21(10-8-19(18)25-11-12-26-19)17(23)24-13-15-5-3-2-4-6-15/h2-6H,7-14H2,1H3. The molecule has 2 amide bonds. The monoisotopic (exact) mass is 360 g/mol. The van der Waals surface area contributed by atoms with Crippen LogP contribution in [-0.4, -0.2) is 67.5 Å². The first kappa shape index (κ1) is 17.3. The summed E-state index contributed by atoms with van der Waals surface area (Å²) < 4.78 is 17.4. The second-order valence-electron chi connectivity index (χ2n) is 7.22. The molecule has 140 valence electrons. The first-order valence-corrected chi connectivity index (χ1v) is 9.05. The Morgan fingerprint density at radius 2 is 1.88 bits per heavy atom. The fourth-order valence-corrected chi connectivity index (χ4v) is 4.32. The lowest BCUT2D eigenvalue weighted by atomic mass is 9.73. The Balaban J connectivity index is 1.50. The summed E-state index contributed by atoms with van der Waals surface area (Å²) in [5, 5.41) is 0. The minimum Gasteiger partial charge on any atom is -0.445 e. The van der Waals surface area contributed by atoms with Gasteiger partial charge < -0.3 is 24.0 Å². The third kappa shape index (κ3) is 2.66. The molecule has 0 N–H and O–H groups in total. The van der Waals surface area contributed by atoms with Crippen molar-refractivity contribution in [1.29, 1.82) is 0 Å². The van der Waals surface area contributed by atoms with Crippen molar-refractivity contribution in [3.05, 3.63) is 35.9 Å². The number of hydrogen-bond acceptors (Lipinski definition) is 5. The molecule has 3 fully saturated rings. The zero-order valence-corrected chi connectivity index (χ0v) is 15.0. The number of amides is 2. The molecule has 1 aromatic rings. The van der Waals surface area contributed by atoms with E-state index in [0.717, 1.165) is 5.56 Å². The van der Waals surface area contributed by atoms with E-state index in [0.29, 0.717) is 39.1 Å². The van der Waals surface area contributed by atoms with Crippen LogP contribution in [0, 0.1) is 5.41 Å². The Hall–Kier alpha value is -2.12. The molecule has 7 heteroatoms. The summed E-state index contributed by atoms with van der Waals surface area (Å²) in [6, 6.07) is 9.56. The minimum atomic E-state index is -0.912. The van der Waals surface area contributed by atoms with Gasteiger partial charge in [-0.1, -0.05) is 30.3 Å². The van der Waals surface area contributed by atoms with Crippen molar-refractivity contribution in [1.82, 2.24) is 9.80 Å². The van der Waals surface area contributed by atoms with Crippen LogP contribution in [0.3, 0.4) is 0 Å². The van der Waals surface area contributed by atoms with Crippen molar-refractivity contribution in [2.45, 2.75) is 25.2 Å². The summed E-state index contributed by atoms with van der Waals surface area (Å²) in [5.74, 6) is -0.926. The predicted molar refractivity (Wildman–Crippen MR) is 92.1 cm³/mol. The van der Waals surface area contributed by atoms with E-state index in [2.05, 4.69) is 0 Å². The molecule has 0 aromatic heterocycles. The van der Waals surface area contributed by atoms with Crippen molar-refractivity contribution >= 4 is 12.0 Å². The van der Waals surface area contributed by atoms with Crippen LogP contribution in [0.15, 0.2) is 30.3 Å². The van der Waals surface area contributed by atoms with Crippen molar-refractivity contribution < 1.29 is 23.8 Å². The molecule has 0 aliphatic carbocycles. The van der Waals surface area contributed by atoms with E-state index in [1.54, 1.807) is 16.8 Å². The van der Waals surface area contributed by atoms with E-state index < -0.39 is 17.3 Å². The topological polar surface area (TPSA) is 68.3 Å². The second kappa shape index (κ2) is 6.55. The number of ether oxygens (including phenoxy) is 3. The van der Waals surface area contributed by atoms with E-state index >= 15 is 0 Å². The van der Waals surface area contributed by atoms with E-state index in [1.165, 1.54) is 0 Å². The van der Waals surface area contributed by atoms with Crippen LogP contribution in [0.5, 0.6) is 0 Å². The highest BCUT2D eigenvalue weighted by atomic mass is 16.7. The molecule has 3 saturated heterocycles. The number of fused-ring (bicyclic) bond motifs is 1. The van der Waals surface area contributed by atoms with Gasteiger partial charge in [0.1, 0.15) is 12.0 Å². The highest BCUT2D eigenvalue weighted by Crippen LogP contribution is 2.51. The number of rotatable bonds is 2. The molecule has 1 atom stereocenters. The van der Waals surface area contributed by atoms with E-state index in [9.17, 15) is 9.59 Å². The SMILES string of the molecule is CN1CCC2(CN(C(=O)OCc3ccccc3)CCC23OCCO3)C1=O. The Labute approximate surface area is 152 Å². The Morgan fingerprint density at radius 3 is 2.54 bits per heavy atom. The summed E-state index contributed by atoms with van der Waals surface area (Å²) >= 11 is 0. The number of carbonyl (C=O) groups is 2. The Bertz CT molecular complexity index is 688. The predicted octanol–water partition coefficient (Wildman–Crippen LogP) is 1.62. The molecule has 2 spiro atoms. The average molecular weight is 360 g/mol. The summed E-state index contributed by atoms with van der Waals surface area (Å²) in [6.45, 7) is 2.54. The average Bonchev–Trinajstić information content (AvgIpc) is 3.25. The maximum Gasteiger partial charge on any atom is 0.410 e. The lowest BCUT2D eigenvalue weighted by Crippen LogP contribution is -2.64. The normalized spacial score (nSPS) is 27.5. The molecule has 0 radical (unpaired) electrons. The van der Waals surface area contributed by atoms with Crippen LogP contribution in [0.1, 0.15) is 18.4 Å². The summed E-state index contributed by atoms with van der Waals surface area (Å²) in [6.07, 6.45) is 0.695. The van der Waals surface area contributed by atoms with Gasteiger partial charge in [-0.2, -0.15) is 0 Å². The van der Waals surface area contributed by atoms with Gasteiger partial charge in [-0.3, -0.25) is 4.79 Å². The minimum absolute atomic E-state index is 0.0139. The van der Waals surface area contributed by atoms with Gasteiger partial charge in [0.2, 0.25) is 5.91 Å². The highest BCUT2D eigenvalue weighted by Gasteiger charge is 2.66. The fourth-order valence-electron chi connectivity index (χ4n) is 4.32. The van der Waals surface area contributed by atoms with Gasteiger partial charge in [0.15, 0.2) is 5.79 Å². The molecule has 0 bridgehead atoms. The number of hydrogen-bond donors (Lipinski definition) is 0. The van der Waals surface area contributed by atoms with Crippen molar-refractivity contribution in [3.63, 3.8) is 0 Å². The second-order valence-corrected chi connectivity index (χ2v) is 7.22. The van der Waals surface area contributed by atoms with Crippen molar-refractivity contribution in [2.75, 3.05) is 39.9 Å². The van der Waals surface area contributed by atoms with Crippen LogP contribution in [0.2, 0.25) is 0 Å². The Kier molecular flexibility index (Phi) is 4.36. The van der Waals surface area contributed by atoms with Gasteiger partial charge in [-0.25, -0.2) is 4.79 Å². The maximum absolute atomic E-state index is 13.0. The molecule has 3 aliphatic rings. The number of nitrogens with zero attached hydrogens (tertiary/aromatic N) is 2. The molecule has 4 rings (SSSR count). The number of carbonyl (C=O) groups excluding carboxylic acids is 2. The molecule has 26 heavy (non-hydrogen) atoms. The highest BCUT2D eigenvalue weighted by molar-refractivity contribution is 5.87. The van der Waals surface area contributed by atoms with Gasteiger partial charge in [0.25, 0.3) is 0 Å². The van der Waals surface area contributed by atoms with Gasteiger partial charge >= 0.3 is 6.09 Å². The van der Waals surface area contributed by atoms with Gasteiger partial charge in [-0.15, -0.1) is 0 Å². The van der Waals surface area contributed by atoms with Crippen molar-refractivity contribution in [2.24, 2.45) is 5.41 Å². The molecular formula is C19H24N2O5. The molecule has 3 aliphatic heterocycles. The number of likely N-dealkylation sites (tertiary alicyclic amines) is 2. The Morgan fingerprint density at radius 1 is 1.15 bits per heavy atom. The van der Waals surface area contributed by atoms with Gasteiger partial charge in [0, 0.05) is 33.1 Å². The molecule has 7 nitrogen and oxygen atoms in total. The van der Waals surface area contributed by atoms with Crippen LogP contribution in [0.25, 0.3) is 0 Å². The zero-order chi connectivity index (χ0) is 18.2. The molecular weight excluding hydrogens is 336 g/mol. The quantitative estimate of drug-likeness (QED) is 0.802. The third-order valence-electron chi connectivity index (χ3n) is 5.75. The number of benzene rings is 1. The first-order chi connectivity index (χ1) is 12.6. The molecule has 1 unspecified atom stereocenters. The smallest absolute Gasteiger partial charge is 0.410 e. The van der Waals surface area contributed by atoms with Gasteiger partial charge in [0.05, 0.1) is 13.2 Å². The zero-order valence-electron chi connectivity index (χ0n) is 15.0. The lowest BCUT2D eigenvalue weighted by molar-refractivity contribution is -0.252. The largest absolute Gasteiger partial charge is 0.445 e. The van der Waals surface area contributed by atoms with E-state index in [4.69, 9.17) is 14.2 Å². The fraction of sp³-hybridized carbons (Fsp3) is 0.579. The molecule has 3 heterocycles. The third-order valence-corrected chi connectivity index (χ3v) is 5.75. The molecule has 1 aromatic carbocycles. The summed E-state index contributed by atoms with van der Waals surface area (Å²) in [4.78, 5) is 28.9. The molecule has 0 saturated carbocycles. The number of piperidine rings is 1. The lowest BCUT2D eigenvalue weighted by Gasteiger charge is -2.49. The van der Waals surface area contributed by atoms with Crippen LogP contribution in [-0.2, 0) is 25.6 Å². The van der Waals surface area contributed by atoms with Crippen LogP contribution >= 0.6 is 0 Å².